The number of rotatable bonds is 8. The zero-order valence-electron chi connectivity index (χ0n) is 31.4. The van der Waals surface area contributed by atoms with Crippen molar-refractivity contribution in [2.75, 3.05) is 0 Å². The number of allylic oxidation sites excluding steroid dienone is 3. The van der Waals surface area contributed by atoms with Crippen LogP contribution in [0.1, 0.15) is 12.5 Å². The second kappa shape index (κ2) is 14.2. The number of benzene rings is 6. The molecule has 5 heteroatoms. The van der Waals surface area contributed by atoms with Gasteiger partial charge in [0, 0.05) is 56.4 Å². The van der Waals surface area contributed by atoms with E-state index in [1.165, 1.54) is 21.7 Å². The smallest absolute Gasteiger partial charge is 0.145 e. The molecule has 0 spiro atoms. The van der Waals surface area contributed by atoms with Gasteiger partial charge in [-0.05, 0) is 127 Å². The first-order valence-corrected chi connectivity index (χ1v) is 19.1. The third-order valence-electron chi connectivity index (χ3n) is 10.8. The number of aromatic nitrogens is 4. The van der Waals surface area contributed by atoms with Gasteiger partial charge in [0.15, 0.2) is 0 Å². The van der Waals surface area contributed by atoms with Gasteiger partial charge < -0.3 is 4.57 Å². The summed E-state index contributed by atoms with van der Waals surface area (Å²) in [4.78, 5) is 13.9. The number of fused-ring (bicyclic) bond motifs is 6. The van der Waals surface area contributed by atoms with E-state index in [1.807, 2.05) is 61.8 Å². The molecule has 4 aromatic heterocycles. The van der Waals surface area contributed by atoms with Gasteiger partial charge in [-0.15, -0.1) is 0 Å². The largest absolute Gasteiger partial charge is 0.309 e. The Morgan fingerprint density at radius 3 is 2.11 bits per heavy atom. The number of hydrogen-bond acceptors (Lipinski definition) is 3. The highest BCUT2D eigenvalue weighted by Crippen LogP contribution is 2.41. The molecule has 0 fully saturated rings. The van der Waals surface area contributed by atoms with Crippen molar-refractivity contribution in [1.82, 2.24) is 19.1 Å². The van der Waals surface area contributed by atoms with Crippen LogP contribution >= 0.6 is 0 Å². The van der Waals surface area contributed by atoms with Crippen LogP contribution in [-0.2, 0) is 0 Å². The average molecular weight is 732 g/mol. The van der Waals surface area contributed by atoms with Gasteiger partial charge >= 0.3 is 0 Å². The zero-order chi connectivity index (χ0) is 38.3. The van der Waals surface area contributed by atoms with Gasteiger partial charge in [0.25, 0.3) is 0 Å². The molecule has 270 valence electrons. The fraction of sp³-hybridized carbons (Fsp3) is 0.0192. The molecule has 5 nitrogen and oxygen atoms in total. The number of aliphatic imine (C=N–C) groups is 1. The molecule has 0 bridgehead atoms. The summed E-state index contributed by atoms with van der Waals surface area (Å²) in [6.07, 6.45) is 9.68. The maximum Gasteiger partial charge on any atom is 0.145 e. The fourth-order valence-electron chi connectivity index (χ4n) is 8.24. The molecular weight excluding hydrogens is 695 g/mol. The Morgan fingerprint density at radius 1 is 0.544 bits per heavy atom. The summed E-state index contributed by atoms with van der Waals surface area (Å²) < 4.78 is 4.66. The molecule has 10 aromatic rings. The van der Waals surface area contributed by atoms with Crippen LogP contribution < -0.4 is 0 Å². The van der Waals surface area contributed by atoms with Crippen LogP contribution in [-0.4, -0.2) is 25.8 Å². The lowest BCUT2D eigenvalue weighted by Crippen LogP contribution is -1.95. The van der Waals surface area contributed by atoms with E-state index in [0.717, 1.165) is 78.2 Å². The summed E-state index contributed by atoms with van der Waals surface area (Å²) in [7, 11) is 0. The molecule has 4 heterocycles. The van der Waals surface area contributed by atoms with Crippen LogP contribution in [0.5, 0.6) is 0 Å². The third-order valence-corrected chi connectivity index (χ3v) is 10.8. The first-order valence-electron chi connectivity index (χ1n) is 19.1. The molecule has 10 rings (SSSR count). The standard InChI is InChI=1S/C52H37N5/c1-3-4-19-46(53-2)38-31-37(32-39(33-38)47-20-10-11-29-54-47)35-23-26-41(27-24-35)56-48-21-9-8-16-45(48)51-42(17-12-22-49(51)56)36-25-28-43-44-18-13-30-55-52(44)57(50(43)34-36)40-14-6-5-7-15-40/h3-34H,2H2,1H3/b4-3-,46-19-. The number of nitrogens with zero attached hydrogens (tertiary/aromatic N) is 5. The predicted octanol–water partition coefficient (Wildman–Crippen LogP) is 13.3. The Balaban J connectivity index is 1.12. The van der Waals surface area contributed by atoms with Crippen LogP contribution in [0.25, 0.3) is 94.3 Å². The Labute approximate surface area is 330 Å². The third kappa shape index (κ3) is 5.85. The second-order valence-corrected chi connectivity index (χ2v) is 14.1. The van der Waals surface area contributed by atoms with Crippen molar-refractivity contribution >= 4 is 56.2 Å². The van der Waals surface area contributed by atoms with Gasteiger partial charge in [-0.2, -0.15) is 0 Å². The van der Waals surface area contributed by atoms with Crippen LogP contribution in [0.4, 0.5) is 0 Å². The molecule has 0 saturated heterocycles. The highest BCUT2D eigenvalue weighted by atomic mass is 15.0. The fourth-order valence-corrected chi connectivity index (χ4v) is 8.24. The van der Waals surface area contributed by atoms with Crippen molar-refractivity contribution < 1.29 is 0 Å². The molecule has 57 heavy (non-hydrogen) atoms. The van der Waals surface area contributed by atoms with E-state index < -0.39 is 0 Å². The molecule has 6 aromatic carbocycles. The minimum Gasteiger partial charge on any atom is -0.309 e. The SMILES string of the molecule is C=N/C(=C\C=C/C)c1cc(-c2ccc(-n3c4ccccc4c4c(-c5ccc6c7cccnc7n(-c7ccccc7)c6c5)cccc43)cc2)cc(-c2ccccn2)c1. The van der Waals surface area contributed by atoms with Crippen molar-refractivity contribution in [3.63, 3.8) is 0 Å². The summed E-state index contributed by atoms with van der Waals surface area (Å²) in [6, 6.07) is 58.3. The molecule has 0 atom stereocenters. The van der Waals surface area contributed by atoms with Gasteiger partial charge in [0.1, 0.15) is 5.65 Å². The van der Waals surface area contributed by atoms with Crippen LogP contribution in [0.15, 0.2) is 199 Å². The summed E-state index contributed by atoms with van der Waals surface area (Å²) in [6.45, 7) is 5.87. The zero-order valence-corrected chi connectivity index (χ0v) is 31.4. The first kappa shape index (κ1) is 33.9. The normalized spacial score (nSPS) is 12.1. The monoisotopic (exact) mass is 731 g/mol. The van der Waals surface area contributed by atoms with Gasteiger partial charge in [0.05, 0.1) is 27.9 Å². The maximum atomic E-state index is 4.84. The molecule has 0 unspecified atom stereocenters. The lowest BCUT2D eigenvalue weighted by molar-refractivity contribution is 1.14. The van der Waals surface area contributed by atoms with E-state index >= 15 is 0 Å². The topological polar surface area (TPSA) is 48.0 Å². The van der Waals surface area contributed by atoms with Crippen molar-refractivity contribution in [3.8, 4) is 44.9 Å². The number of pyridine rings is 2. The Morgan fingerprint density at radius 2 is 1.28 bits per heavy atom. The van der Waals surface area contributed by atoms with Crippen molar-refractivity contribution in [3.05, 3.63) is 200 Å². The highest BCUT2D eigenvalue weighted by Gasteiger charge is 2.19. The molecule has 0 aliphatic heterocycles. The van der Waals surface area contributed by atoms with Crippen LogP contribution in [0.2, 0.25) is 0 Å². The Hall–Kier alpha value is -7.63. The summed E-state index contributed by atoms with van der Waals surface area (Å²) in [5, 5.41) is 4.76. The average Bonchev–Trinajstić information content (AvgIpc) is 3.80. The van der Waals surface area contributed by atoms with Gasteiger partial charge in [0.2, 0.25) is 0 Å². The first-order chi connectivity index (χ1) is 28.2. The molecule has 0 N–H and O–H groups in total. The van der Waals surface area contributed by atoms with Crippen molar-refractivity contribution in [2.45, 2.75) is 6.92 Å². The van der Waals surface area contributed by atoms with Crippen molar-refractivity contribution in [2.24, 2.45) is 4.99 Å². The van der Waals surface area contributed by atoms with E-state index in [-0.39, 0.29) is 0 Å². The van der Waals surface area contributed by atoms with Gasteiger partial charge in [-0.1, -0.05) is 91.0 Å². The summed E-state index contributed by atoms with van der Waals surface area (Å²) in [5.41, 5.74) is 14.8. The summed E-state index contributed by atoms with van der Waals surface area (Å²) >= 11 is 0. The van der Waals surface area contributed by atoms with E-state index in [2.05, 4.69) is 165 Å². The quantitative estimate of drug-likeness (QED) is 0.115. The maximum absolute atomic E-state index is 4.84. The molecule has 0 amide bonds. The molecule has 0 aliphatic rings. The lowest BCUT2D eigenvalue weighted by Gasteiger charge is -2.13. The van der Waals surface area contributed by atoms with Gasteiger partial charge in [-0.25, -0.2) is 4.98 Å². The van der Waals surface area contributed by atoms with Gasteiger partial charge in [-0.3, -0.25) is 14.5 Å². The van der Waals surface area contributed by atoms with E-state index in [0.29, 0.717) is 0 Å². The van der Waals surface area contributed by atoms with Crippen LogP contribution in [0, 0.1) is 0 Å². The molecule has 0 radical (unpaired) electrons. The van der Waals surface area contributed by atoms with E-state index in [4.69, 9.17) is 4.98 Å². The minimum absolute atomic E-state index is 0.808. The molecule has 0 aliphatic carbocycles. The predicted molar refractivity (Wildman–Crippen MR) is 239 cm³/mol. The Kier molecular flexibility index (Phi) is 8.46. The Bertz CT molecular complexity index is 3180. The van der Waals surface area contributed by atoms with E-state index in [1.54, 1.807) is 0 Å². The van der Waals surface area contributed by atoms with Crippen molar-refractivity contribution in [1.29, 1.82) is 0 Å². The number of hydrogen-bond donors (Lipinski definition) is 0. The molecular formula is C52H37N5. The van der Waals surface area contributed by atoms with Crippen LogP contribution in [0.3, 0.4) is 0 Å². The highest BCUT2D eigenvalue weighted by molar-refractivity contribution is 6.17. The minimum atomic E-state index is 0.808. The second-order valence-electron chi connectivity index (χ2n) is 14.1. The lowest BCUT2D eigenvalue weighted by atomic mass is 9.96. The number of para-hydroxylation sites is 2. The summed E-state index contributed by atoms with van der Waals surface area (Å²) in [5.74, 6) is 0. The molecule has 0 saturated carbocycles. The van der Waals surface area contributed by atoms with E-state index in [9.17, 15) is 0 Å².